The largest absolute Gasteiger partial charge is 0.353 e. The highest BCUT2D eigenvalue weighted by Gasteiger charge is 2.32. The van der Waals surface area contributed by atoms with Crippen molar-refractivity contribution in [1.29, 1.82) is 0 Å². The van der Waals surface area contributed by atoms with Gasteiger partial charge in [-0.3, -0.25) is 4.90 Å². The predicted molar refractivity (Wildman–Crippen MR) is 69.4 cm³/mol. The van der Waals surface area contributed by atoms with Crippen LogP contribution in [0.5, 0.6) is 0 Å². The summed E-state index contributed by atoms with van der Waals surface area (Å²) >= 11 is 0. The number of piperazine rings is 1. The fourth-order valence-electron chi connectivity index (χ4n) is 2.57. The van der Waals surface area contributed by atoms with Crippen molar-refractivity contribution in [3.8, 4) is 0 Å². The molecule has 0 atom stereocenters. The first kappa shape index (κ1) is 11.0. The quantitative estimate of drug-likeness (QED) is 0.804. The molecule has 0 aromatic carbocycles. The van der Waals surface area contributed by atoms with Gasteiger partial charge in [-0.05, 0) is 18.6 Å². The molecule has 2 aliphatic heterocycles. The topological polar surface area (TPSA) is 31.4 Å². The first-order valence-electron chi connectivity index (χ1n) is 6.45. The Hall–Kier alpha value is -1.13. The van der Waals surface area contributed by atoms with Gasteiger partial charge in [0.05, 0.1) is 0 Å². The summed E-state index contributed by atoms with van der Waals surface area (Å²) in [4.78, 5) is 9.44. The zero-order valence-corrected chi connectivity index (χ0v) is 10.4. The second-order valence-electron chi connectivity index (χ2n) is 5.04. The third-order valence-corrected chi connectivity index (χ3v) is 3.75. The molecule has 3 heterocycles. The molecule has 92 valence electrons. The third kappa shape index (κ3) is 2.28. The number of anilines is 1. The van der Waals surface area contributed by atoms with Gasteiger partial charge in [0.2, 0.25) is 0 Å². The number of nitrogens with zero attached hydrogens (tertiary/aromatic N) is 3. The number of hydrogen-bond donors (Lipinski definition) is 1. The molecule has 0 unspecified atom stereocenters. The summed E-state index contributed by atoms with van der Waals surface area (Å²) in [6, 6.07) is 5.00. The van der Waals surface area contributed by atoms with Gasteiger partial charge in [-0.2, -0.15) is 0 Å². The van der Waals surface area contributed by atoms with Gasteiger partial charge in [0.15, 0.2) is 0 Å². The van der Waals surface area contributed by atoms with Crippen molar-refractivity contribution in [1.82, 2.24) is 15.2 Å². The van der Waals surface area contributed by atoms with Crippen molar-refractivity contribution in [3.63, 3.8) is 0 Å². The molecule has 0 radical (unpaired) electrons. The summed E-state index contributed by atoms with van der Waals surface area (Å²) < 4.78 is 0. The number of pyridine rings is 1. The summed E-state index contributed by atoms with van der Waals surface area (Å²) in [6.45, 7) is 9.01. The van der Waals surface area contributed by atoms with E-state index < -0.39 is 0 Å². The summed E-state index contributed by atoms with van der Waals surface area (Å²) in [5, 5.41) is 3.40. The van der Waals surface area contributed by atoms with Crippen molar-refractivity contribution in [2.45, 2.75) is 13.0 Å². The summed E-state index contributed by atoms with van der Waals surface area (Å²) in [7, 11) is 0. The lowest BCUT2D eigenvalue weighted by molar-refractivity contribution is 0.147. The molecule has 17 heavy (non-hydrogen) atoms. The fraction of sp³-hybridized carbons (Fsp3) is 0.615. The third-order valence-electron chi connectivity index (χ3n) is 3.75. The van der Waals surface area contributed by atoms with E-state index in [2.05, 4.69) is 39.2 Å². The van der Waals surface area contributed by atoms with Crippen molar-refractivity contribution in [2.75, 3.05) is 44.2 Å². The molecule has 4 nitrogen and oxygen atoms in total. The molecule has 1 aromatic rings. The van der Waals surface area contributed by atoms with Crippen LogP contribution in [-0.2, 0) is 0 Å². The first-order chi connectivity index (χ1) is 8.33. The van der Waals surface area contributed by atoms with E-state index in [1.807, 2.05) is 6.20 Å². The van der Waals surface area contributed by atoms with Crippen LogP contribution in [-0.4, -0.2) is 55.2 Å². The Labute approximate surface area is 103 Å². The van der Waals surface area contributed by atoms with E-state index in [-0.39, 0.29) is 0 Å². The number of rotatable bonds is 2. The number of aromatic nitrogens is 1. The first-order valence-corrected chi connectivity index (χ1v) is 6.45. The average molecular weight is 232 g/mol. The predicted octanol–water partition coefficient (Wildman–Crippen LogP) is 0.484. The summed E-state index contributed by atoms with van der Waals surface area (Å²) in [6.07, 6.45) is 1.95. The lowest BCUT2D eigenvalue weighted by Gasteiger charge is -2.47. The van der Waals surface area contributed by atoms with Gasteiger partial charge < -0.3 is 10.2 Å². The molecule has 0 aliphatic carbocycles. The van der Waals surface area contributed by atoms with Gasteiger partial charge in [-0.15, -0.1) is 0 Å². The smallest absolute Gasteiger partial charge is 0.128 e. The van der Waals surface area contributed by atoms with Crippen LogP contribution in [0, 0.1) is 6.92 Å². The highest BCUT2D eigenvalue weighted by molar-refractivity contribution is 5.43. The molecule has 1 N–H and O–H groups in total. The van der Waals surface area contributed by atoms with Crippen molar-refractivity contribution in [2.24, 2.45) is 0 Å². The fourth-order valence-corrected chi connectivity index (χ4v) is 2.57. The molecule has 2 fully saturated rings. The van der Waals surface area contributed by atoms with E-state index >= 15 is 0 Å². The highest BCUT2D eigenvalue weighted by atomic mass is 15.3. The van der Waals surface area contributed by atoms with E-state index in [1.165, 1.54) is 18.7 Å². The van der Waals surface area contributed by atoms with Crippen LogP contribution in [0.15, 0.2) is 18.3 Å². The van der Waals surface area contributed by atoms with E-state index in [0.29, 0.717) is 0 Å². The molecule has 3 rings (SSSR count). The minimum atomic E-state index is 0.736. The van der Waals surface area contributed by atoms with Crippen molar-refractivity contribution < 1.29 is 0 Å². The maximum atomic E-state index is 4.47. The SMILES string of the molecule is Cc1ccc(N2CC(N3CCNCC3)C2)nc1. The van der Waals surface area contributed by atoms with Crippen LogP contribution in [0.3, 0.4) is 0 Å². The van der Waals surface area contributed by atoms with Gasteiger partial charge >= 0.3 is 0 Å². The normalized spacial score (nSPS) is 22.5. The van der Waals surface area contributed by atoms with Crippen molar-refractivity contribution in [3.05, 3.63) is 23.9 Å². The number of hydrogen-bond acceptors (Lipinski definition) is 4. The van der Waals surface area contributed by atoms with Crippen LogP contribution in [0.1, 0.15) is 5.56 Å². The second kappa shape index (κ2) is 4.63. The Morgan fingerprint density at radius 3 is 2.65 bits per heavy atom. The van der Waals surface area contributed by atoms with Crippen LogP contribution in [0.25, 0.3) is 0 Å². The maximum absolute atomic E-state index is 4.47. The molecule has 1 aromatic heterocycles. The van der Waals surface area contributed by atoms with Crippen LogP contribution < -0.4 is 10.2 Å². The minimum absolute atomic E-state index is 0.736. The highest BCUT2D eigenvalue weighted by Crippen LogP contribution is 2.21. The van der Waals surface area contributed by atoms with Gasteiger partial charge in [0.25, 0.3) is 0 Å². The Kier molecular flexibility index (Phi) is 2.99. The molecular weight excluding hydrogens is 212 g/mol. The van der Waals surface area contributed by atoms with Crippen LogP contribution in [0.2, 0.25) is 0 Å². The Balaban J connectivity index is 1.55. The Bertz CT molecular complexity index is 364. The lowest BCUT2D eigenvalue weighted by Crippen LogP contribution is -2.63. The maximum Gasteiger partial charge on any atom is 0.128 e. The standard InChI is InChI=1S/C13H20N4/c1-11-2-3-13(15-8-11)17-9-12(10-17)16-6-4-14-5-7-16/h2-3,8,12,14H,4-7,9-10H2,1H3. The van der Waals surface area contributed by atoms with E-state index in [1.54, 1.807) is 0 Å². The van der Waals surface area contributed by atoms with Gasteiger partial charge in [0.1, 0.15) is 5.82 Å². The van der Waals surface area contributed by atoms with Gasteiger partial charge in [-0.1, -0.05) is 6.07 Å². The Morgan fingerprint density at radius 2 is 2.00 bits per heavy atom. The van der Waals surface area contributed by atoms with E-state index in [0.717, 1.165) is 38.0 Å². The summed E-state index contributed by atoms with van der Waals surface area (Å²) in [5.74, 6) is 1.13. The van der Waals surface area contributed by atoms with E-state index in [9.17, 15) is 0 Å². The molecule has 4 heteroatoms. The zero-order chi connectivity index (χ0) is 11.7. The Morgan fingerprint density at radius 1 is 1.24 bits per heavy atom. The molecule has 0 amide bonds. The minimum Gasteiger partial charge on any atom is -0.353 e. The molecule has 0 spiro atoms. The molecule has 2 aliphatic rings. The van der Waals surface area contributed by atoms with Crippen LogP contribution >= 0.6 is 0 Å². The number of aryl methyl sites for hydroxylation is 1. The number of nitrogens with one attached hydrogen (secondary N) is 1. The van der Waals surface area contributed by atoms with Crippen LogP contribution in [0.4, 0.5) is 5.82 Å². The molecular formula is C13H20N4. The second-order valence-corrected chi connectivity index (χ2v) is 5.04. The molecule has 0 saturated carbocycles. The average Bonchev–Trinajstić information content (AvgIpc) is 2.31. The summed E-state index contributed by atoms with van der Waals surface area (Å²) in [5.41, 5.74) is 1.23. The van der Waals surface area contributed by atoms with Gasteiger partial charge in [-0.25, -0.2) is 4.98 Å². The monoisotopic (exact) mass is 232 g/mol. The lowest BCUT2D eigenvalue weighted by atomic mass is 10.1. The molecule has 0 bridgehead atoms. The van der Waals surface area contributed by atoms with Gasteiger partial charge in [0, 0.05) is 51.5 Å². The zero-order valence-electron chi connectivity index (χ0n) is 10.4. The van der Waals surface area contributed by atoms with E-state index in [4.69, 9.17) is 0 Å². The molecule has 2 saturated heterocycles. The van der Waals surface area contributed by atoms with Crippen molar-refractivity contribution >= 4 is 5.82 Å².